The van der Waals surface area contributed by atoms with Gasteiger partial charge in [-0.25, -0.2) is 8.42 Å². The Labute approximate surface area is 279 Å². The van der Waals surface area contributed by atoms with E-state index in [9.17, 15) is 37.5 Å². The van der Waals surface area contributed by atoms with E-state index in [1.165, 1.54) is 25.1 Å². The Morgan fingerprint density at radius 2 is 1.32 bits per heavy atom. The number of ketones is 1. The second kappa shape index (κ2) is 17.4. The molecule has 47 heavy (non-hydrogen) atoms. The van der Waals surface area contributed by atoms with E-state index in [0.717, 1.165) is 11.7 Å². The van der Waals surface area contributed by atoms with Crippen molar-refractivity contribution >= 4 is 39.4 Å². The second-order valence-corrected chi connectivity index (χ2v) is 16.2. The van der Waals surface area contributed by atoms with Crippen molar-refractivity contribution in [3.8, 4) is 5.75 Å². The van der Waals surface area contributed by atoms with Crippen molar-refractivity contribution < 1.29 is 47.0 Å². The average Bonchev–Trinajstić information content (AvgIpc) is 2.88. The summed E-state index contributed by atoms with van der Waals surface area (Å²) in [6.07, 6.45) is 1.45. The Morgan fingerprint density at radius 1 is 0.809 bits per heavy atom. The van der Waals surface area contributed by atoms with Crippen LogP contribution in [0.4, 0.5) is 0 Å². The van der Waals surface area contributed by atoms with Crippen LogP contribution in [0.5, 0.6) is 5.75 Å². The van der Waals surface area contributed by atoms with Gasteiger partial charge in [-0.2, -0.15) is 0 Å². The highest BCUT2D eigenvalue weighted by molar-refractivity contribution is 7.93. The first-order valence-corrected chi connectivity index (χ1v) is 17.5. The number of phenolic OH excluding ortho intramolecular Hbond substituents is 1. The quantitative estimate of drug-likeness (QED) is 0.217. The third-order valence-corrected chi connectivity index (χ3v) is 7.23. The Bertz CT molecular complexity index is 1390. The highest BCUT2D eigenvalue weighted by Crippen LogP contribution is 2.20. The molecule has 0 heterocycles. The van der Waals surface area contributed by atoms with Crippen LogP contribution < -0.4 is 10.6 Å². The molecule has 13 heteroatoms. The smallest absolute Gasteiger partial charge is 0.308 e. The number of rotatable bonds is 16. The number of nitrogens with one attached hydrogen (secondary N) is 2. The van der Waals surface area contributed by atoms with Crippen LogP contribution >= 0.6 is 0 Å². The molecule has 1 aromatic rings. The van der Waals surface area contributed by atoms with Gasteiger partial charge in [0.15, 0.2) is 15.6 Å². The van der Waals surface area contributed by atoms with Crippen molar-refractivity contribution in [3.63, 3.8) is 0 Å². The summed E-state index contributed by atoms with van der Waals surface area (Å²) in [6, 6.07) is 4.22. The minimum Gasteiger partial charge on any atom is -0.508 e. The number of carbonyl (C=O) groups excluding carboxylic acids is 5. The van der Waals surface area contributed by atoms with Crippen LogP contribution in [0.25, 0.3) is 0 Å². The maximum Gasteiger partial charge on any atom is 0.308 e. The number of hydrogen-bond acceptors (Lipinski definition) is 10. The van der Waals surface area contributed by atoms with E-state index in [4.69, 9.17) is 9.47 Å². The van der Waals surface area contributed by atoms with Crippen molar-refractivity contribution in [2.75, 3.05) is 6.26 Å². The lowest BCUT2D eigenvalue weighted by molar-refractivity contribution is -0.157. The molecule has 0 aliphatic rings. The van der Waals surface area contributed by atoms with E-state index >= 15 is 0 Å². The fraction of sp³-hybridized carbons (Fsp3) is 0.618. The van der Waals surface area contributed by atoms with E-state index in [1.54, 1.807) is 67.5 Å². The number of esters is 2. The van der Waals surface area contributed by atoms with Crippen LogP contribution in [0.1, 0.15) is 87.1 Å². The van der Waals surface area contributed by atoms with Gasteiger partial charge in [0, 0.05) is 24.0 Å². The molecule has 0 saturated carbocycles. The molecule has 4 atom stereocenters. The Morgan fingerprint density at radius 3 is 1.79 bits per heavy atom. The van der Waals surface area contributed by atoms with E-state index < -0.39 is 74.5 Å². The van der Waals surface area contributed by atoms with E-state index in [1.807, 2.05) is 0 Å². The van der Waals surface area contributed by atoms with Gasteiger partial charge in [0.05, 0.1) is 30.8 Å². The van der Waals surface area contributed by atoms with Gasteiger partial charge < -0.3 is 25.2 Å². The predicted octanol–water partition coefficient (Wildman–Crippen LogP) is 3.79. The molecular formula is C34H52N2O10S. The Kier molecular flexibility index (Phi) is 15.3. The molecule has 264 valence electrons. The van der Waals surface area contributed by atoms with E-state index in [0.29, 0.717) is 5.56 Å². The van der Waals surface area contributed by atoms with Crippen molar-refractivity contribution in [2.24, 2.45) is 17.8 Å². The van der Waals surface area contributed by atoms with Gasteiger partial charge in [-0.15, -0.1) is 0 Å². The monoisotopic (exact) mass is 680 g/mol. The van der Waals surface area contributed by atoms with Crippen LogP contribution in [0, 0.1) is 17.8 Å². The molecule has 0 aromatic heterocycles. The number of hydrogen-bond donors (Lipinski definition) is 3. The van der Waals surface area contributed by atoms with Gasteiger partial charge in [0.25, 0.3) is 0 Å². The maximum absolute atomic E-state index is 13.6. The largest absolute Gasteiger partial charge is 0.508 e. The van der Waals surface area contributed by atoms with Gasteiger partial charge >= 0.3 is 11.9 Å². The summed E-state index contributed by atoms with van der Waals surface area (Å²) < 4.78 is 34.1. The minimum absolute atomic E-state index is 0.0492. The molecule has 3 N–H and O–H groups in total. The van der Waals surface area contributed by atoms with Gasteiger partial charge in [-0.05, 0) is 71.6 Å². The van der Waals surface area contributed by atoms with E-state index in [2.05, 4.69) is 10.6 Å². The predicted molar refractivity (Wildman–Crippen MR) is 178 cm³/mol. The van der Waals surface area contributed by atoms with Crippen LogP contribution in [-0.4, -0.2) is 72.6 Å². The summed E-state index contributed by atoms with van der Waals surface area (Å²) in [5, 5.41) is 15.9. The zero-order valence-corrected chi connectivity index (χ0v) is 30.0. The molecule has 12 nitrogen and oxygen atoms in total. The van der Waals surface area contributed by atoms with Crippen LogP contribution in [0.3, 0.4) is 0 Å². The normalized spacial score (nSPS) is 15.0. The molecule has 0 bridgehead atoms. The number of phenols is 1. The zero-order valence-electron chi connectivity index (χ0n) is 29.2. The summed E-state index contributed by atoms with van der Waals surface area (Å²) in [4.78, 5) is 65.2. The van der Waals surface area contributed by atoms with Crippen LogP contribution in [0.2, 0.25) is 0 Å². The summed E-state index contributed by atoms with van der Waals surface area (Å²) in [5.74, 6) is -4.91. The number of sulfone groups is 1. The maximum atomic E-state index is 13.6. The number of aromatic hydroxyl groups is 1. The summed E-state index contributed by atoms with van der Waals surface area (Å²) in [5.41, 5.74) is -0.871. The molecular weight excluding hydrogens is 628 g/mol. The molecule has 0 unspecified atom stereocenters. The van der Waals surface area contributed by atoms with Gasteiger partial charge in [0.2, 0.25) is 11.8 Å². The topological polar surface area (TPSA) is 182 Å². The molecule has 0 radical (unpaired) electrons. The van der Waals surface area contributed by atoms with E-state index in [-0.39, 0.29) is 37.4 Å². The molecule has 0 spiro atoms. The Balaban J connectivity index is 3.10. The molecule has 0 fully saturated rings. The van der Waals surface area contributed by atoms with Gasteiger partial charge in [-0.1, -0.05) is 39.0 Å². The lowest BCUT2D eigenvalue weighted by Gasteiger charge is -2.26. The lowest BCUT2D eigenvalue weighted by atomic mass is 9.90. The van der Waals surface area contributed by atoms with Crippen LogP contribution in [0.15, 0.2) is 35.7 Å². The zero-order chi connectivity index (χ0) is 36.3. The number of ether oxygens (including phenoxy) is 2. The summed E-state index contributed by atoms with van der Waals surface area (Å²) in [7, 11) is -3.56. The van der Waals surface area contributed by atoms with Crippen molar-refractivity contribution in [2.45, 2.75) is 111 Å². The van der Waals surface area contributed by atoms with Gasteiger partial charge in [-0.3, -0.25) is 24.0 Å². The third kappa shape index (κ3) is 17.7. The standard InChI is InChI=1S/C34H52N2O10S/c1-21(2)30(36-32(42)24(19-28(39)45-33(4,5)6)18-23-11-13-26(37)14-12-23)27(38)17-22(3)31(41)35-25(15-16-47(10,43)44)20-29(40)46-34(7,8)9/h11-16,21-22,24-25,30,37H,17-20H2,1-10H3,(H,35,41)(H,36,42)/b16-15+/t22-,24-,25-,30+/m1/s1. The molecule has 0 aliphatic heterocycles. The molecule has 1 aromatic carbocycles. The first kappa shape index (κ1) is 41.3. The fourth-order valence-electron chi connectivity index (χ4n) is 4.46. The van der Waals surface area contributed by atoms with Crippen molar-refractivity contribution in [1.29, 1.82) is 0 Å². The van der Waals surface area contributed by atoms with Gasteiger partial charge in [0.1, 0.15) is 17.0 Å². The lowest BCUT2D eigenvalue weighted by Crippen LogP contribution is -2.48. The van der Waals surface area contributed by atoms with Crippen LogP contribution in [-0.2, 0) is 49.7 Å². The number of benzene rings is 1. The minimum atomic E-state index is -3.56. The molecule has 0 aliphatic carbocycles. The number of carbonyl (C=O) groups is 5. The summed E-state index contributed by atoms with van der Waals surface area (Å²) >= 11 is 0. The number of Topliss-reactive ketones (excluding diaryl/α,β-unsaturated/α-hetero) is 1. The fourth-order valence-corrected chi connectivity index (χ4v) is 4.94. The first-order valence-electron chi connectivity index (χ1n) is 15.6. The number of amides is 2. The summed E-state index contributed by atoms with van der Waals surface area (Å²) in [6.45, 7) is 15.2. The molecule has 0 saturated heterocycles. The van der Waals surface area contributed by atoms with Crippen molar-refractivity contribution in [3.05, 3.63) is 41.3 Å². The van der Waals surface area contributed by atoms with Crippen molar-refractivity contribution in [1.82, 2.24) is 10.6 Å². The first-order chi connectivity index (χ1) is 21.3. The average molecular weight is 681 g/mol. The molecule has 2 amide bonds. The third-order valence-electron chi connectivity index (χ3n) is 6.58. The Hall–Kier alpha value is -3.74. The molecule has 1 rings (SSSR count). The highest BCUT2D eigenvalue weighted by atomic mass is 32.2. The highest BCUT2D eigenvalue weighted by Gasteiger charge is 2.32. The SMILES string of the molecule is CC(C)[C@H](NC(=O)[C@@H](CC(=O)OC(C)(C)C)Cc1ccc(O)cc1)C(=O)C[C@@H](C)C(=O)N[C@H](/C=C/S(C)(=O)=O)CC(=O)OC(C)(C)C. The second-order valence-electron chi connectivity index (χ2n) is 14.2.